The van der Waals surface area contributed by atoms with Gasteiger partial charge in [-0.25, -0.2) is 4.39 Å². The highest BCUT2D eigenvalue weighted by Crippen LogP contribution is 2.35. The minimum absolute atomic E-state index is 0.229. The number of aromatic nitrogens is 4. The minimum atomic E-state index is -0.229. The number of halogens is 1. The molecule has 4 rings (SSSR count). The fourth-order valence-electron chi connectivity index (χ4n) is 2.82. The fourth-order valence-corrected chi connectivity index (χ4v) is 2.82. The number of rotatable bonds is 2. The second-order valence-corrected chi connectivity index (χ2v) is 5.34. The van der Waals surface area contributed by atoms with Crippen molar-refractivity contribution in [2.24, 2.45) is 7.05 Å². The summed E-state index contributed by atoms with van der Waals surface area (Å²) in [4.78, 5) is 0. The third kappa shape index (κ3) is 2.26. The summed E-state index contributed by atoms with van der Waals surface area (Å²) in [6, 6.07) is 12.6. The molecule has 0 fully saturated rings. The molecule has 2 heterocycles. The molecule has 23 heavy (non-hydrogen) atoms. The molecule has 112 valence electrons. The van der Waals surface area contributed by atoms with Gasteiger partial charge in [0.15, 0.2) is 0 Å². The summed E-state index contributed by atoms with van der Waals surface area (Å²) in [5.74, 6) is -0.229. The van der Waals surface area contributed by atoms with E-state index in [0.29, 0.717) is 5.39 Å². The molecule has 0 aliphatic carbocycles. The van der Waals surface area contributed by atoms with E-state index in [2.05, 4.69) is 15.3 Å². The summed E-state index contributed by atoms with van der Waals surface area (Å²) in [5.41, 5.74) is 3.57. The Morgan fingerprint density at radius 1 is 0.913 bits per heavy atom. The summed E-state index contributed by atoms with van der Waals surface area (Å²) >= 11 is 0. The summed E-state index contributed by atoms with van der Waals surface area (Å²) in [6.07, 6.45) is 5.28. The zero-order chi connectivity index (χ0) is 15.8. The smallest absolute Gasteiger partial charge is 0.131 e. The van der Waals surface area contributed by atoms with Crippen LogP contribution in [0.5, 0.6) is 0 Å². The maximum Gasteiger partial charge on any atom is 0.131 e. The predicted octanol–water partition coefficient (Wildman–Crippen LogP) is 3.84. The van der Waals surface area contributed by atoms with E-state index in [1.807, 2.05) is 37.5 Å². The Morgan fingerprint density at radius 2 is 1.74 bits per heavy atom. The van der Waals surface area contributed by atoms with Crippen LogP contribution in [0.4, 0.5) is 4.39 Å². The monoisotopic (exact) mass is 304 g/mol. The molecular formula is C18H13FN4. The van der Waals surface area contributed by atoms with E-state index >= 15 is 0 Å². The molecule has 0 aliphatic heterocycles. The lowest BCUT2D eigenvalue weighted by atomic mass is 9.98. The summed E-state index contributed by atoms with van der Waals surface area (Å²) in [6.45, 7) is 0. The summed E-state index contributed by atoms with van der Waals surface area (Å²) in [7, 11) is 1.87. The molecular weight excluding hydrogens is 291 g/mol. The summed E-state index contributed by atoms with van der Waals surface area (Å²) < 4.78 is 15.8. The number of aryl methyl sites for hydroxylation is 1. The van der Waals surface area contributed by atoms with Crippen molar-refractivity contribution < 1.29 is 4.39 Å². The van der Waals surface area contributed by atoms with Crippen molar-refractivity contribution in [1.82, 2.24) is 20.0 Å². The average Bonchev–Trinajstić information content (AvgIpc) is 2.98. The topological polar surface area (TPSA) is 43.6 Å². The van der Waals surface area contributed by atoms with Crippen molar-refractivity contribution in [3.8, 4) is 22.4 Å². The van der Waals surface area contributed by atoms with Gasteiger partial charge in [0.05, 0.1) is 12.4 Å². The van der Waals surface area contributed by atoms with Crippen LogP contribution in [0.25, 0.3) is 33.2 Å². The Bertz CT molecular complexity index is 993. The molecule has 4 nitrogen and oxygen atoms in total. The number of benzene rings is 2. The number of hydrogen-bond donors (Lipinski definition) is 0. The normalized spacial score (nSPS) is 11.0. The quantitative estimate of drug-likeness (QED) is 0.565. The first-order chi connectivity index (χ1) is 11.2. The maximum absolute atomic E-state index is 14.1. The van der Waals surface area contributed by atoms with Crippen molar-refractivity contribution >= 4 is 10.8 Å². The van der Waals surface area contributed by atoms with E-state index in [1.165, 1.54) is 6.07 Å². The van der Waals surface area contributed by atoms with Gasteiger partial charge in [-0.05, 0) is 23.6 Å². The Hall–Kier alpha value is -3.08. The van der Waals surface area contributed by atoms with Crippen LogP contribution in [-0.4, -0.2) is 20.0 Å². The van der Waals surface area contributed by atoms with Crippen LogP contribution >= 0.6 is 0 Å². The predicted molar refractivity (Wildman–Crippen MR) is 87.1 cm³/mol. The largest absolute Gasteiger partial charge is 0.275 e. The highest BCUT2D eigenvalue weighted by Gasteiger charge is 2.16. The van der Waals surface area contributed by atoms with E-state index in [9.17, 15) is 4.39 Å². The van der Waals surface area contributed by atoms with E-state index in [-0.39, 0.29) is 5.82 Å². The van der Waals surface area contributed by atoms with Gasteiger partial charge in [0.1, 0.15) is 11.5 Å². The minimum Gasteiger partial charge on any atom is -0.275 e. The molecule has 2 aromatic heterocycles. The molecule has 0 unspecified atom stereocenters. The maximum atomic E-state index is 14.1. The van der Waals surface area contributed by atoms with Crippen LogP contribution < -0.4 is 0 Å². The van der Waals surface area contributed by atoms with E-state index < -0.39 is 0 Å². The van der Waals surface area contributed by atoms with Gasteiger partial charge in [-0.3, -0.25) is 4.68 Å². The molecule has 0 atom stereocenters. The van der Waals surface area contributed by atoms with Gasteiger partial charge in [-0.2, -0.15) is 15.3 Å². The lowest BCUT2D eigenvalue weighted by Crippen LogP contribution is -1.90. The highest BCUT2D eigenvalue weighted by molar-refractivity contribution is 5.99. The van der Waals surface area contributed by atoms with Crippen molar-refractivity contribution in [3.05, 3.63) is 66.9 Å². The number of fused-ring (bicyclic) bond motifs is 1. The summed E-state index contributed by atoms with van der Waals surface area (Å²) in [5, 5.41) is 13.8. The van der Waals surface area contributed by atoms with Gasteiger partial charge < -0.3 is 0 Å². The Labute approximate surface area is 132 Å². The molecule has 0 amide bonds. The first kappa shape index (κ1) is 13.6. The lowest BCUT2D eigenvalue weighted by Gasteiger charge is -2.07. The molecule has 0 N–H and O–H groups in total. The van der Waals surface area contributed by atoms with Crippen LogP contribution in [0, 0.1) is 5.82 Å². The average molecular weight is 304 g/mol. The SMILES string of the molecule is Cn1cc(-c2ccnnc2)c(-c2ccc(F)c3ccccc23)n1. The van der Waals surface area contributed by atoms with Crippen molar-refractivity contribution in [1.29, 1.82) is 0 Å². The van der Waals surface area contributed by atoms with Gasteiger partial charge in [0.2, 0.25) is 0 Å². The second kappa shape index (κ2) is 5.28. The van der Waals surface area contributed by atoms with Crippen LogP contribution in [0.1, 0.15) is 0 Å². The Balaban J connectivity index is 2.02. The zero-order valence-corrected chi connectivity index (χ0v) is 12.4. The Morgan fingerprint density at radius 3 is 2.52 bits per heavy atom. The van der Waals surface area contributed by atoms with Gasteiger partial charge >= 0.3 is 0 Å². The van der Waals surface area contributed by atoms with Crippen molar-refractivity contribution in [3.63, 3.8) is 0 Å². The van der Waals surface area contributed by atoms with Crippen molar-refractivity contribution in [2.45, 2.75) is 0 Å². The van der Waals surface area contributed by atoms with Crippen molar-refractivity contribution in [2.75, 3.05) is 0 Å². The van der Waals surface area contributed by atoms with Crippen LogP contribution in [0.15, 0.2) is 61.1 Å². The third-order valence-electron chi connectivity index (χ3n) is 3.85. The highest BCUT2D eigenvalue weighted by atomic mass is 19.1. The molecule has 0 spiro atoms. The number of nitrogens with zero attached hydrogens (tertiary/aromatic N) is 4. The molecule has 0 saturated carbocycles. The third-order valence-corrected chi connectivity index (χ3v) is 3.85. The second-order valence-electron chi connectivity index (χ2n) is 5.34. The first-order valence-electron chi connectivity index (χ1n) is 7.22. The molecule has 4 aromatic rings. The lowest BCUT2D eigenvalue weighted by molar-refractivity contribution is 0.640. The van der Waals surface area contributed by atoms with Gasteiger partial charge in [-0.15, -0.1) is 0 Å². The number of hydrogen-bond acceptors (Lipinski definition) is 3. The molecule has 2 aromatic carbocycles. The van der Waals surface area contributed by atoms with E-state index in [0.717, 1.165) is 27.8 Å². The molecule has 5 heteroatoms. The van der Waals surface area contributed by atoms with Crippen LogP contribution in [0.3, 0.4) is 0 Å². The van der Waals surface area contributed by atoms with Gasteiger partial charge in [0.25, 0.3) is 0 Å². The molecule has 0 saturated heterocycles. The van der Waals surface area contributed by atoms with E-state index in [4.69, 9.17) is 0 Å². The van der Waals surface area contributed by atoms with Gasteiger partial charge in [0, 0.05) is 35.3 Å². The zero-order valence-electron chi connectivity index (χ0n) is 12.4. The molecule has 0 radical (unpaired) electrons. The Kier molecular flexibility index (Phi) is 3.12. The van der Waals surface area contributed by atoms with E-state index in [1.54, 1.807) is 29.2 Å². The standard InChI is InChI=1S/C18H13FN4/c1-23-11-16(12-8-9-20-21-10-12)18(22-23)15-6-7-17(19)14-5-3-2-4-13(14)15/h2-11H,1H3. The molecule has 0 bridgehead atoms. The fraction of sp³-hybridized carbons (Fsp3) is 0.0556. The first-order valence-corrected chi connectivity index (χ1v) is 7.22. The molecule has 0 aliphatic rings. The van der Waals surface area contributed by atoms with Gasteiger partial charge in [-0.1, -0.05) is 24.3 Å². The van der Waals surface area contributed by atoms with Crippen LogP contribution in [-0.2, 0) is 7.05 Å². The van der Waals surface area contributed by atoms with Crippen LogP contribution in [0.2, 0.25) is 0 Å².